The van der Waals surface area contributed by atoms with E-state index in [4.69, 9.17) is 5.73 Å². The molecule has 126 valence electrons. The van der Waals surface area contributed by atoms with Gasteiger partial charge in [-0.15, -0.1) is 0 Å². The van der Waals surface area contributed by atoms with Gasteiger partial charge in [0.05, 0.1) is 6.54 Å². The highest BCUT2D eigenvalue weighted by Crippen LogP contribution is 2.16. The summed E-state index contributed by atoms with van der Waals surface area (Å²) in [5.74, 6) is 0.154. The predicted octanol–water partition coefficient (Wildman–Crippen LogP) is 1.63. The van der Waals surface area contributed by atoms with E-state index in [0.29, 0.717) is 32.1 Å². The van der Waals surface area contributed by atoms with Crippen molar-refractivity contribution in [2.24, 2.45) is 11.7 Å². The lowest BCUT2D eigenvalue weighted by atomic mass is 10.1. The molecule has 2 N–H and O–H groups in total. The van der Waals surface area contributed by atoms with Gasteiger partial charge < -0.3 is 15.2 Å². The summed E-state index contributed by atoms with van der Waals surface area (Å²) in [4.78, 5) is 27.1. The summed E-state index contributed by atoms with van der Waals surface area (Å²) in [7, 11) is 0. The molecule has 3 rings (SSSR count). The van der Waals surface area contributed by atoms with Gasteiger partial charge in [0, 0.05) is 19.3 Å². The highest BCUT2D eigenvalue weighted by Gasteiger charge is 2.27. The van der Waals surface area contributed by atoms with Crippen LogP contribution in [-0.2, 0) is 6.54 Å². The quantitative estimate of drug-likeness (QED) is 0.929. The summed E-state index contributed by atoms with van der Waals surface area (Å²) >= 11 is 0. The van der Waals surface area contributed by atoms with E-state index in [1.165, 1.54) is 0 Å². The minimum atomic E-state index is -0.236. The zero-order valence-corrected chi connectivity index (χ0v) is 13.9. The van der Waals surface area contributed by atoms with Crippen LogP contribution in [0.2, 0.25) is 0 Å². The number of pyridine rings is 1. The number of aromatic nitrogens is 1. The van der Waals surface area contributed by atoms with Crippen LogP contribution in [0.3, 0.4) is 0 Å². The third kappa shape index (κ3) is 3.41. The number of benzene rings is 1. The average molecular weight is 325 g/mol. The zero-order valence-electron chi connectivity index (χ0n) is 13.9. The molecule has 5 heteroatoms. The van der Waals surface area contributed by atoms with Gasteiger partial charge in [-0.25, -0.2) is 0 Å². The Kier molecular flexibility index (Phi) is 4.81. The van der Waals surface area contributed by atoms with Crippen LogP contribution in [0, 0.1) is 12.8 Å². The second-order valence-corrected chi connectivity index (χ2v) is 6.49. The molecule has 1 fully saturated rings. The smallest absolute Gasteiger partial charge is 0.263 e. The average Bonchev–Trinajstić information content (AvgIpc) is 3.05. The van der Waals surface area contributed by atoms with Gasteiger partial charge in [0.1, 0.15) is 5.56 Å². The maximum absolute atomic E-state index is 12.7. The van der Waals surface area contributed by atoms with Gasteiger partial charge in [0.15, 0.2) is 0 Å². The molecule has 1 aromatic carbocycles. The molecule has 0 aliphatic carbocycles. The maximum Gasteiger partial charge on any atom is 0.263 e. The number of nitrogens with two attached hydrogens (primary N) is 1. The largest absolute Gasteiger partial charge is 0.338 e. The SMILES string of the molecule is Cc1cccc(Cn2cccc(C(=O)N3CC[C@H](CN)C3)c2=O)c1. The Labute approximate surface area is 141 Å². The molecule has 1 saturated heterocycles. The first-order valence-corrected chi connectivity index (χ1v) is 8.33. The molecule has 24 heavy (non-hydrogen) atoms. The Morgan fingerprint density at radius 2 is 2.12 bits per heavy atom. The van der Waals surface area contributed by atoms with E-state index >= 15 is 0 Å². The van der Waals surface area contributed by atoms with Crippen molar-refractivity contribution in [3.63, 3.8) is 0 Å². The number of nitrogens with zero attached hydrogens (tertiary/aromatic N) is 2. The van der Waals surface area contributed by atoms with Crippen molar-refractivity contribution >= 4 is 5.91 Å². The van der Waals surface area contributed by atoms with Gasteiger partial charge in [-0.1, -0.05) is 29.8 Å². The van der Waals surface area contributed by atoms with Gasteiger partial charge in [-0.3, -0.25) is 9.59 Å². The first kappa shape index (κ1) is 16.5. The van der Waals surface area contributed by atoms with Crippen LogP contribution in [0.15, 0.2) is 47.4 Å². The van der Waals surface area contributed by atoms with Crippen molar-refractivity contribution in [1.82, 2.24) is 9.47 Å². The van der Waals surface area contributed by atoms with Crippen molar-refractivity contribution in [2.75, 3.05) is 19.6 Å². The van der Waals surface area contributed by atoms with Crippen LogP contribution >= 0.6 is 0 Å². The second-order valence-electron chi connectivity index (χ2n) is 6.49. The molecular formula is C19H23N3O2. The number of likely N-dealkylation sites (tertiary alicyclic amines) is 1. The third-order valence-corrected chi connectivity index (χ3v) is 4.59. The van der Waals surface area contributed by atoms with Crippen LogP contribution < -0.4 is 11.3 Å². The summed E-state index contributed by atoms with van der Waals surface area (Å²) in [5, 5.41) is 0. The van der Waals surface area contributed by atoms with E-state index in [1.54, 1.807) is 27.8 Å². The molecule has 0 saturated carbocycles. The molecule has 0 spiro atoms. The van der Waals surface area contributed by atoms with Gasteiger partial charge in [-0.05, 0) is 43.5 Å². The molecule has 1 atom stereocenters. The molecule has 0 unspecified atom stereocenters. The fraction of sp³-hybridized carbons (Fsp3) is 0.368. The van der Waals surface area contributed by atoms with Gasteiger partial charge in [0.2, 0.25) is 0 Å². The van der Waals surface area contributed by atoms with Gasteiger partial charge >= 0.3 is 0 Å². The minimum absolute atomic E-state index is 0.186. The van der Waals surface area contributed by atoms with E-state index in [-0.39, 0.29) is 17.0 Å². The van der Waals surface area contributed by atoms with E-state index in [0.717, 1.165) is 17.5 Å². The fourth-order valence-electron chi connectivity index (χ4n) is 3.21. The summed E-state index contributed by atoms with van der Waals surface area (Å²) in [6.07, 6.45) is 2.64. The number of carbonyl (C=O) groups excluding carboxylic acids is 1. The maximum atomic E-state index is 12.7. The molecule has 1 amide bonds. The topological polar surface area (TPSA) is 68.3 Å². The Morgan fingerprint density at radius 1 is 1.29 bits per heavy atom. The molecule has 2 heterocycles. The van der Waals surface area contributed by atoms with E-state index in [2.05, 4.69) is 0 Å². The van der Waals surface area contributed by atoms with E-state index in [9.17, 15) is 9.59 Å². The summed E-state index contributed by atoms with van der Waals surface area (Å²) in [6.45, 7) is 4.38. The Bertz CT molecular complexity index is 797. The predicted molar refractivity (Wildman–Crippen MR) is 94.0 cm³/mol. The fourth-order valence-corrected chi connectivity index (χ4v) is 3.21. The number of rotatable bonds is 4. The minimum Gasteiger partial charge on any atom is -0.338 e. The zero-order chi connectivity index (χ0) is 17.1. The number of aryl methyl sites for hydroxylation is 1. The number of hydrogen-bond acceptors (Lipinski definition) is 3. The monoisotopic (exact) mass is 325 g/mol. The van der Waals surface area contributed by atoms with Crippen molar-refractivity contribution in [2.45, 2.75) is 19.9 Å². The van der Waals surface area contributed by atoms with Gasteiger partial charge in [-0.2, -0.15) is 0 Å². The molecular weight excluding hydrogens is 302 g/mol. The molecule has 1 aromatic heterocycles. The Balaban J connectivity index is 1.83. The number of carbonyl (C=O) groups is 1. The Hall–Kier alpha value is -2.40. The molecule has 1 aliphatic heterocycles. The van der Waals surface area contributed by atoms with Crippen LogP contribution in [0.4, 0.5) is 0 Å². The highest BCUT2D eigenvalue weighted by molar-refractivity contribution is 5.94. The lowest BCUT2D eigenvalue weighted by molar-refractivity contribution is 0.0785. The summed E-state index contributed by atoms with van der Waals surface area (Å²) in [6, 6.07) is 11.4. The summed E-state index contributed by atoms with van der Waals surface area (Å²) in [5.41, 5.74) is 7.88. The highest BCUT2D eigenvalue weighted by atomic mass is 16.2. The van der Waals surface area contributed by atoms with Crippen molar-refractivity contribution in [1.29, 1.82) is 0 Å². The summed E-state index contributed by atoms with van der Waals surface area (Å²) < 4.78 is 1.60. The normalized spacial score (nSPS) is 17.2. The molecule has 2 aromatic rings. The molecule has 5 nitrogen and oxygen atoms in total. The molecule has 0 radical (unpaired) electrons. The molecule has 0 bridgehead atoms. The van der Waals surface area contributed by atoms with Crippen LogP contribution in [0.25, 0.3) is 0 Å². The lowest BCUT2D eigenvalue weighted by Crippen LogP contribution is -2.35. The van der Waals surface area contributed by atoms with Crippen molar-refractivity contribution < 1.29 is 4.79 Å². The first-order chi connectivity index (χ1) is 11.6. The van der Waals surface area contributed by atoms with Crippen LogP contribution in [0.5, 0.6) is 0 Å². The van der Waals surface area contributed by atoms with E-state index < -0.39 is 0 Å². The van der Waals surface area contributed by atoms with Crippen LogP contribution in [-0.4, -0.2) is 35.0 Å². The third-order valence-electron chi connectivity index (χ3n) is 4.59. The number of amides is 1. The van der Waals surface area contributed by atoms with Crippen molar-refractivity contribution in [3.05, 3.63) is 69.6 Å². The second kappa shape index (κ2) is 7.01. The van der Waals surface area contributed by atoms with Crippen molar-refractivity contribution in [3.8, 4) is 0 Å². The van der Waals surface area contributed by atoms with Gasteiger partial charge in [0.25, 0.3) is 11.5 Å². The Morgan fingerprint density at radius 3 is 2.83 bits per heavy atom. The lowest BCUT2D eigenvalue weighted by Gasteiger charge is -2.16. The van der Waals surface area contributed by atoms with Crippen LogP contribution in [0.1, 0.15) is 27.9 Å². The van der Waals surface area contributed by atoms with E-state index in [1.807, 2.05) is 31.2 Å². The first-order valence-electron chi connectivity index (χ1n) is 8.33. The standard InChI is InChI=1S/C19H23N3O2/c1-14-4-2-5-15(10-14)12-21-8-3-6-17(18(21)23)19(24)22-9-7-16(11-20)13-22/h2-6,8,10,16H,7,9,11-13,20H2,1H3/t16-/m1/s1. The number of hydrogen-bond donors (Lipinski definition) is 1. The molecule has 1 aliphatic rings.